The molecule has 9 atom stereocenters. The minimum Gasteiger partial charge on any atom is -0.465 e. The van der Waals surface area contributed by atoms with Crippen molar-refractivity contribution < 1.29 is 44.3 Å². The predicted octanol–water partition coefficient (Wildman–Crippen LogP) is 2.06. The van der Waals surface area contributed by atoms with Gasteiger partial charge < -0.3 is 29.9 Å². The van der Waals surface area contributed by atoms with Crippen molar-refractivity contribution >= 4 is 17.7 Å². The van der Waals surface area contributed by atoms with Crippen LogP contribution in [0.5, 0.6) is 0 Å². The summed E-state index contributed by atoms with van der Waals surface area (Å²) in [5.74, 6) is -2.31. The quantitative estimate of drug-likeness (QED) is 0.308. The van der Waals surface area contributed by atoms with Crippen molar-refractivity contribution in [3.8, 4) is 0 Å². The molecule has 0 aromatic carbocycles. The predicted molar refractivity (Wildman–Crippen MR) is 139 cm³/mol. The maximum Gasteiger partial charge on any atom is 0.334 e. The van der Waals surface area contributed by atoms with E-state index < -0.39 is 70.7 Å². The van der Waals surface area contributed by atoms with Gasteiger partial charge in [0, 0.05) is 25.3 Å². The average molecular weight is 545 g/mol. The van der Waals surface area contributed by atoms with Crippen LogP contribution in [0.25, 0.3) is 0 Å². The Morgan fingerprint density at radius 1 is 1.23 bits per heavy atom. The highest BCUT2D eigenvalue weighted by Gasteiger charge is 2.81. The molecule has 5 rings (SSSR count). The minimum atomic E-state index is -2.22. The number of allylic oxidation sites excluding steroid dienone is 4. The molecule has 1 aliphatic heterocycles. The van der Waals surface area contributed by atoms with Gasteiger partial charge in [-0.25, -0.2) is 4.79 Å². The van der Waals surface area contributed by atoms with Gasteiger partial charge in [0.05, 0.1) is 16.9 Å². The van der Waals surface area contributed by atoms with Crippen LogP contribution in [-0.4, -0.2) is 73.8 Å². The van der Waals surface area contributed by atoms with E-state index in [4.69, 9.17) is 9.47 Å². The lowest BCUT2D eigenvalue weighted by Crippen LogP contribution is -2.75. The van der Waals surface area contributed by atoms with Gasteiger partial charge in [0.15, 0.2) is 5.78 Å². The van der Waals surface area contributed by atoms with Crippen LogP contribution in [0.4, 0.5) is 0 Å². The molecule has 2 fully saturated rings. The minimum absolute atomic E-state index is 0.0627. The van der Waals surface area contributed by atoms with Gasteiger partial charge in [-0.05, 0) is 71.3 Å². The fraction of sp³-hybridized carbons (Fsp3) is 0.700. The lowest BCUT2D eigenvalue weighted by Gasteiger charge is -2.63. The number of fused-ring (bicyclic) bond motifs is 5. The average Bonchev–Trinajstić information content (AvgIpc) is 3.05. The number of ketones is 1. The van der Waals surface area contributed by atoms with E-state index in [2.05, 4.69) is 0 Å². The number of rotatable bonds is 4. The number of esters is 2. The molecule has 0 radical (unpaired) electrons. The van der Waals surface area contributed by atoms with E-state index in [-0.39, 0.29) is 24.5 Å². The van der Waals surface area contributed by atoms with Crippen molar-refractivity contribution in [2.45, 2.75) is 102 Å². The molecule has 0 bridgehead atoms. The number of aliphatic hydroxyl groups excluding tert-OH is 1. The highest BCUT2D eigenvalue weighted by atomic mass is 16.6. The zero-order valence-electron chi connectivity index (χ0n) is 23.3. The Hall–Kier alpha value is -2.33. The van der Waals surface area contributed by atoms with E-state index in [1.165, 1.54) is 13.8 Å². The third kappa shape index (κ3) is 3.42. The van der Waals surface area contributed by atoms with Gasteiger partial charge in [0.25, 0.3) is 0 Å². The van der Waals surface area contributed by atoms with E-state index in [0.717, 1.165) is 5.57 Å². The molecular weight excluding hydrogens is 504 g/mol. The van der Waals surface area contributed by atoms with E-state index in [9.17, 15) is 34.8 Å². The van der Waals surface area contributed by atoms with Gasteiger partial charge in [0.2, 0.25) is 0 Å². The number of carbonyl (C=O) groups excluding carboxylic acids is 3. The highest BCUT2D eigenvalue weighted by Crippen LogP contribution is 2.70. The van der Waals surface area contributed by atoms with E-state index in [1.807, 2.05) is 19.1 Å². The van der Waals surface area contributed by atoms with Crippen LogP contribution >= 0.6 is 0 Å². The third-order valence-electron chi connectivity index (χ3n) is 11.3. The first-order valence-corrected chi connectivity index (χ1v) is 13.8. The monoisotopic (exact) mass is 544 g/mol. The summed E-state index contributed by atoms with van der Waals surface area (Å²) < 4.78 is 11.1. The Kier molecular flexibility index (Phi) is 6.39. The molecule has 2 saturated carbocycles. The first kappa shape index (κ1) is 28.2. The number of aliphatic hydroxyl groups is 4. The molecular formula is C30H40O9. The number of cyclic esters (lactones) is 1. The SMILES string of the molecule is CC(=O)OC[C@]12CC[C@H]3[C@@H](CC=C4CC=CC(=O)[C@@]43C)[C@]1(O)[C@@H](O)C[C@@]2(O)C(C)(O)[C@H]1CC(C)=C(C)C(=O)O1. The number of carbonyl (C=O) groups is 3. The van der Waals surface area contributed by atoms with Crippen molar-refractivity contribution in [3.63, 3.8) is 0 Å². The van der Waals surface area contributed by atoms with E-state index in [1.54, 1.807) is 19.9 Å². The first-order valence-electron chi connectivity index (χ1n) is 13.8. The summed E-state index contributed by atoms with van der Waals surface area (Å²) in [6, 6.07) is 0. The van der Waals surface area contributed by atoms with E-state index >= 15 is 0 Å². The van der Waals surface area contributed by atoms with Crippen molar-refractivity contribution in [1.82, 2.24) is 0 Å². The standard InChI is InChI=1S/C30H40O9/c1-16-13-24(39-25(34)17(16)2)27(5,35)29(36)14-23(33)30(37)21-10-9-19-7-6-8-22(32)26(19,4)20(21)11-12-28(29,30)15-38-18(3)31/h6,8-9,20-21,23-24,33,35-37H,7,10-15H2,1-5H3/t20-,21+,23-,24+,26-,27?,28-,29+,30-/m0/s1. The van der Waals surface area contributed by atoms with Crippen molar-refractivity contribution in [1.29, 1.82) is 0 Å². The molecule has 9 heteroatoms. The number of ether oxygens (including phenoxy) is 2. The second-order valence-electron chi connectivity index (χ2n) is 12.8. The number of hydrogen-bond acceptors (Lipinski definition) is 9. The molecule has 0 amide bonds. The van der Waals surface area contributed by atoms with Crippen LogP contribution in [0, 0.1) is 22.7 Å². The van der Waals surface area contributed by atoms with Crippen LogP contribution in [0.2, 0.25) is 0 Å². The second-order valence-corrected chi connectivity index (χ2v) is 12.8. The van der Waals surface area contributed by atoms with Crippen LogP contribution in [-0.2, 0) is 23.9 Å². The van der Waals surface area contributed by atoms with Crippen LogP contribution in [0.15, 0.2) is 34.9 Å². The first-order chi connectivity index (χ1) is 18.1. The topological polar surface area (TPSA) is 151 Å². The van der Waals surface area contributed by atoms with Crippen LogP contribution in [0.1, 0.15) is 73.1 Å². The molecule has 5 aliphatic rings. The zero-order valence-corrected chi connectivity index (χ0v) is 23.3. The van der Waals surface area contributed by atoms with Crippen LogP contribution < -0.4 is 0 Å². The number of hydrogen-bond donors (Lipinski definition) is 4. The Morgan fingerprint density at radius 3 is 2.56 bits per heavy atom. The summed E-state index contributed by atoms with van der Waals surface area (Å²) in [7, 11) is 0. The lowest BCUT2D eigenvalue weighted by molar-refractivity contribution is -0.298. The molecule has 4 aliphatic carbocycles. The molecule has 0 saturated heterocycles. The summed E-state index contributed by atoms with van der Waals surface area (Å²) in [6.07, 6.45) is 3.83. The molecule has 1 unspecified atom stereocenters. The van der Waals surface area contributed by atoms with Crippen LogP contribution in [0.3, 0.4) is 0 Å². The summed E-state index contributed by atoms with van der Waals surface area (Å²) >= 11 is 0. The normalized spacial score (nSPS) is 45.0. The maximum atomic E-state index is 13.3. The highest BCUT2D eigenvalue weighted by molar-refractivity contribution is 5.98. The zero-order chi connectivity index (χ0) is 28.8. The van der Waals surface area contributed by atoms with Gasteiger partial charge in [-0.15, -0.1) is 0 Å². The summed E-state index contributed by atoms with van der Waals surface area (Å²) in [5.41, 5.74) is -6.84. The molecule has 0 spiro atoms. The van der Waals surface area contributed by atoms with Gasteiger partial charge in [-0.1, -0.05) is 23.3 Å². The van der Waals surface area contributed by atoms with Gasteiger partial charge in [0.1, 0.15) is 29.5 Å². The summed E-state index contributed by atoms with van der Waals surface area (Å²) in [6.45, 7) is 7.38. The molecule has 0 aromatic heterocycles. The Morgan fingerprint density at radius 2 is 1.92 bits per heavy atom. The smallest absolute Gasteiger partial charge is 0.334 e. The summed E-state index contributed by atoms with van der Waals surface area (Å²) in [5, 5.41) is 49.0. The third-order valence-corrected chi connectivity index (χ3v) is 11.3. The fourth-order valence-corrected chi connectivity index (χ4v) is 8.72. The second kappa shape index (κ2) is 8.83. The van der Waals surface area contributed by atoms with Crippen molar-refractivity contribution in [3.05, 3.63) is 34.9 Å². The van der Waals surface area contributed by atoms with Crippen molar-refractivity contribution in [2.75, 3.05) is 6.61 Å². The largest absolute Gasteiger partial charge is 0.465 e. The van der Waals surface area contributed by atoms with E-state index in [0.29, 0.717) is 30.4 Å². The summed E-state index contributed by atoms with van der Waals surface area (Å²) in [4.78, 5) is 37.9. The maximum absolute atomic E-state index is 13.3. The van der Waals surface area contributed by atoms with Gasteiger partial charge in [-0.2, -0.15) is 0 Å². The molecule has 0 aromatic rings. The molecule has 214 valence electrons. The molecule has 9 nitrogen and oxygen atoms in total. The Bertz CT molecular complexity index is 1210. The van der Waals surface area contributed by atoms with Crippen molar-refractivity contribution in [2.24, 2.45) is 22.7 Å². The molecule has 39 heavy (non-hydrogen) atoms. The van der Waals surface area contributed by atoms with Gasteiger partial charge in [-0.3, -0.25) is 9.59 Å². The fourth-order valence-electron chi connectivity index (χ4n) is 8.72. The molecule has 4 N–H and O–H groups in total. The Balaban J connectivity index is 1.64. The lowest BCUT2D eigenvalue weighted by atomic mass is 9.44. The molecule has 1 heterocycles. The van der Waals surface area contributed by atoms with Gasteiger partial charge >= 0.3 is 11.9 Å². The Labute approximate surface area is 228 Å².